The van der Waals surface area contributed by atoms with E-state index in [0.717, 1.165) is 0 Å². The van der Waals surface area contributed by atoms with E-state index >= 15 is 0 Å². The highest BCUT2D eigenvalue weighted by Crippen LogP contribution is 2.08. The summed E-state index contributed by atoms with van der Waals surface area (Å²) in [6.45, 7) is 2.11. The zero-order valence-corrected chi connectivity index (χ0v) is 13.3. The predicted octanol–water partition coefficient (Wildman–Crippen LogP) is 1.01. The normalized spacial score (nSPS) is 11.5. The summed E-state index contributed by atoms with van der Waals surface area (Å²) in [4.78, 5) is 35.8. The van der Waals surface area contributed by atoms with Crippen LogP contribution in [0.1, 0.15) is 27.2 Å². The molecule has 0 radical (unpaired) electrons. The van der Waals surface area contributed by atoms with E-state index in [1.54, 1.807) is 36.6 Å². The summed E-state index contributed by atoms with van der Waals surface area (Å²) in [5, 5.41) is 9.65. The lowest BCUT2D eigenvalue weighted by Gasteiger charge is -2.13. The molecule has 0 bridgehead atoms. The van der Waals surface area contributed by atoms with Crippen molar-refractivity contribution in [3.8, 4) is 0 Å². The highest BCUT2D eigenvalue weighted by Gasteiger charge is 2.16. The van der Waals surface area contributed by atoms with Gasteiger partial charge in [-0.2, -0.15) is 0 Å². The number of hydrogen-bond acceptors (Lipinski definition) is 5. The quantitative estimate of drug-likeness (QED) is 0.657. The highest BCUT2D eigenvalue weighted by molar-refractivity contribution is 7.12. The second-order valence-corrected chi connectivity index (χ2v) is 5.64. The molecule has 23 heavy (non-hydrogen) atoms. The molecule has 0 fully saturated rings. The van der Waals surface area contributed by atoms with Crippen molar-refractivity contribution < 1.29 is 18.8 Å². The summed E-state index contributed by atoms with van der Waals surface area (Å²) in [7, 11) is 0. The van der Waals surface area contributed by atoms with Crippen molar-refractivity contribution >= 4 is 29.1 Å². The zero-order chi connectivity index (χ0) is 16.7. The Morgan fingerprint density at radius 1 is 1.13 bits per heavy atom. The molecule has 2 aromatic rings. The monoisotopic (exact) mass is 335 g/mol. The molecule has 1 unspecified atom stereocenters. The van der Waals surface area contributed by atoms with Crippen LogP contribution in [0, 0.1) is 0 Å². The number of hydrogen-bond donors (Lipinski definition) is 3. The minimum Gasteiger partial charge on any atom is -0.459 e. The Hall–Kier alpha value is -2.61. The third-order valence-electron chi connectivity index (χ3n) is 2.94. The third kappa shape index (κ3) is 4.96. The Labute approximate surface area is 137 Å². The minimum atomic E-state index is -0.662. The molecule has 0 aromatic carbocycles. The van der Waals surface area contributed by atoms with Gasteiger partial charge >= 0.3 is 0 Å². The lowest BCUT2D eigenvalue weighted by atomic mass is 10.3. The van der Waals surface area contributed by atoms with Gasteiger partial charge in [0.2, 0.25) is 5.91 Å². The number of carbonyl (C=O) groups excluding carboxylic acids is 3. The first-order chi connectivity index (χ1) is 11.1. The van der Waals surface area contributed by atoms with Gasteiger partial charge in [0.25, 0.3) is 11.8 Å². The van der Waals surface area contributed by atoms with Gasteiger partial charge < -0.3 is 20.4 Å². The van der Waals surface area contributed by atoms with Gasteiger partial charge in [-0.1, -0.05) is 6.07 Å². The van der Waals surface area contributed by atoms with Gasteiger partial charge in [0, 0.05) is 13.1 Å². The maximum absolute atomic E-state index is 11.9. The smallest absolute Gasteiger partial charge is 0.287 e. The van der Waals surface area contributed by atoms with Crippen molar-refractivity contribution in [2.75, 3.05) is 13.1 Å². The van der Waals surface area contributed by atoms with Crippen molar-refractivity contribution in [1.82, 2.24) is 16.0 Å². The molecule has 1 atom stereocenters. The molecule has 3 amide bonds. The van der Waals surface area contributed by atoms with Crippen molar-refractivity contribution in [2.45, 2.75) is 13.0 Å². The summed E-state index contributed by atoms with van der Waals surface area (Å²) < 4.78 is 4.94. The molecule has 0 aliphatic heterocycles. The molecular weight excluding hydrogens is 318 g/mol. The van der Waals surface area contributed by atoms with E-state index in [1.807, 2.05) is 0 Å². The van der Waals surface area contributed by atoms with Crippen LogP contribution in [0.2, 0.25) is 0 Å². The standard InChI is InChI=1S/C15H17N3O4S/c1-10(18-15(21)12-5-3-9-23-12)13(19)16-6-7-17-14(20)11-4-2-8-22-11/h2-5,8-10H,6-7H2,1H3,(H,16,19)(H,17,20)(H,18,21). The predicted molar refractivity (Wildman–Crippen MR) is 85.3 cm³/mol. The van der Waals surface area contributed by atoms with Crippen molar-refractivity contribution in [2.24, 2.45) is 0 Å². The van der Waals surface area contributed by atoms with Crippen molar-refractivity contribution in [1.29, 1.82) is 0 Å². The van der Waals surface area contributed by atoms with Gasteiger partial charge in [0.05, 0.1) is 11.1 Å². The van der Waals surface area contributed by atoms with Crippen molar-refractivity contribution in [3.05, 3.63) is 46.5 Å². The van der Waals surface area contributed by atoms with Gasteiger partial charge in [-0.05, 0) is 30.5 Å². The Morgan fingerprint density at radius 3 is 2.57 bits per heavy atom. The van der Waals surface area contributed by atoms with Gasteiger partial charge in [-0.3, -0.25) is 14.4 Å². The molecule has 2 aromatic heterocycles. The average Bonchev–Trinajstić information content (AvgIpc) is 3.23. The summed E-state index contributed by atoms with van der Waals surface area (Å²) >= 11 is 1.31. The molecule has 122 valence electrons. The van der Waals surface area contributed by atoms with Crippen LogP contribution >= 0.6 is 11.3 Å². The molecule has 2 heterocycles. The molecule has 8 heteroatoms. The fraction of sp³-hybridized carbons (Fsp3) is 0.267. The highest BCUT2D eigenvalue weighted by atomic mass is 32.1. The summed E-state index contributed by atoms with van der Waals surface area (Å²) in [6.07, 6.45) is 1.41. The average molecular weight is 335 g/mol. The molecule has 2 rings (SSSR count). The number of amides is 3. The number of nitrogens with one attached hydrogen (secondary N) is 3. The SMILES string of the molecule is CC(NC(=O)c1cccs1)C(=O)NCCNC(=O)c1ccco1. The van der Waals surface area contributed by atoms with Crippen LogP contribution in [-0.2, 0) is 4.79 Å². The molecule has 7 nitrogen and oxygen atoms in total. The lowest BCUT2D eigenvalue weighted by molar-refractivity contribution is -0.122. The topological polar surface area (TPSA) is 100 Å². The first-order valence-electron chi connectivity index (χ1n) is 7.01. The molecule has 0 spiro atoms. The van der Waals surface area contributed by atoms with Gasteiger partial charge in [-0.25, -0.2) is 0 Å². The number of rotatable bonds is 7. The number of furan rings is 1. The van der Waals surface area contributed by atoms with Crippen LogP contribution < -0.4 is 16.0 Å². The zero-order valence-electron chi connectivity index (χ0n) is 12.5. The summed E-state index contributed by atoms with van der Waals surface area (Å²) in [5.74, 6) is -0.730. The second-order valence-electron chi connectivity index (χ2n) is 4.70. The van der Waals surface area contributed by atoms with Gasteiger partial charge in [0.1, 0.15) is 6.04 Å². The van der Waals surface area contributed by atoms with Gasteiger partial charge in [0.15, 0.2) is 5.76 Å². The Bertz CT molecular complexity index is 652. The minimum absolute atomic E-state index is 0.216. The van der Waals surface area contributed by atoms with E-state index in [4.69, 9.17) is 4.42 Å². The van der Waals surface area contributed by atoms with Crippen LogP contribution in [0.15, 0.2) is 40.3 Å². The maximum Gasteiger partial charge on any atom is 0.287 e. The van der Waals surface area contributed by atoms with E-state index < -0.39 is 6.04 Å². The van der Waals surface area contributed by atoms with Crippen LogP contribution in [0.3, 0.4) is 0 Å². The molecular formula is C15H17N3O4S. The van der Waals surface area contributed by atoms with E-state index in [9.17, 15) is 14.4 Å². The largest absolute Gasteiger partial charge is 0.459 e. The first kappa shape index (κ1) is 16.8. The first-order valence-corrected chi connectivity index (χ1v) is 7.89. The summed E-state index contributed by atoms with van der Waals surface area (Å²) in [5.41, 5.74) is 0. The fourth-order valence-electron chi connectivity index (χ4n) is 1.75. The van der Waals surface area contributed by atoms with Crippen LogP contribution in [-0.4, -0.2) is 36.9 Å². The van der Waals surface area contributed by atoms with E-state index in [-0.39, 0.29) is 36.6 Å². The van der Waals surface area contributed by atoms with E-state index in [2.05, 4.69) is 16.0 Å². The van der Waals surface area contributed by atoms with Crippen LogP contribution in [0.4, 0.5) is 0 Å². The van der Waals surface area contributed by atoms with Crippen molar-refractivity contribution in [3.63, 3.8) is 0 Å². The Balaban J connectivity index is 1.66. The maximum atomic E-state index is 11.9. The molecule has 0 saturated heterocycles. The van der Waals surface area contributed by atoms with E-state index in [0.29, 0.717) is 4.88 Å². The number of thiophene rings is 1. The Morgan fingerprint density at radius 2 is 1.91 bits per heavy atom. The third-order valence-corrected chi connectivity index (χ3v) is 3.81. The fourth-order valence-corrected chi connectivity index (χ4v) is 2.38. The lowest BCUT2D eigenvalue weighted by Crippen LogP contribution is -2.46. The molecule has 0 aliphatic rings. The van der Waals surface area contributed by atoms with Gasteiger partial charge in [-0.15, -0.1) is 11.3 Å². The molecule has 0 saturated carbocycles. The molecule has 3 N–H and O–H groups in total. The number of carbonyl (C=O) groups is 3. The van der Waals surface area contributed by atoms with E-state index in [1.165, 1.54) is 17.6 Å². The van der Waals surface area contributed by atoms with Crippen LogP contribution in [0.5, 0.6) is 0 Å². The molecule has 0 aliphatic carbocycles. The van der Waals surface area contributed by atoms with Crippen LogP contribution in [0.25, 0.3) is 0 Å². The Kier molecular flexibility index (Phi) is 5.93. The summed E-state index contributed by atoms with van der Waals surface area (Å²) in [6, 6.07) is 5.97. The second kappa shape index (κ2) is 8.14.